The summed E-state index contributed by atoms with van der Waals surface area (Å²) in [5.74, 6) is -4.40. The third-order valence-corrected chi connectivity index (χ3v) is 34.0. The highest BCUT2D eigenvalue weighted by Crippen LogP contribution is 2.58. The van der Waals surface area contributed by atoms with Crippen LogP contribution in [-0.4, -0.2) is 164 Å². The Kier molecular flexibility index (Phi) is 34.7. The van der Waals surface area contributed by atoms with Crippen molar-refractivity contribution in [3.63, 3.8) is 0 Å². The SMILES string of the molecule is CC(C)N1C2=CC(=NC(=O)CCCCCCC(=O)NC3CCCCC3)C(=C3C(=O)C(c4cc5c(cc4NC(=O)CCCCCCC(=O)NC4CCCCC4)N(C(C)C)C(C)C5(C)C)=C3O)C=C2C(C)(C)C1C.CCCCNC(=O)C1CCCCC1C(=O)N=C1C=C2C(=CC1=C1C(=O)C(c3cc4c(cc3NC(=O)C3CCCCC3C(=O)NCCCC)N(C(C)C)C(C)C4(C)C)=C1O)C(C)(C)C(C)N2C(C)C. The second-order valence-corrected chi connectivity index (χ2v) is 46.0. The summed E-state index contributed by atoms with van der Waals surface area (Å²) in [4.78, 5) is 158. The minimum atomic E-state index is -0.607. The lowest BCUT2D eigenvalue weighted by molar-refractivity contribution is -0.134. The monoisotopic (exact) mass is 1920 g/mol. The Balaban J connectivity index is 0.000000236. The Morgan fingerprint density at radius 2 is 0.729 bits per heavy atom. The Morgan fingerprint density at radius 1 is 0.386 bits per heavy atom. The molecule has 12 aliphatic rings. The van der Waals surface area contributed by atoms with Crippen molar-refractivity contribution in [1.82, 2.24) is 31.1 Å². The molecule has 8 N–H and O–H groups in total. The number of rotatable bonds is 34. The standard InChI is InChI=1S/C60H88N6O6.C56H80N6O6/c1-37(2)65-39(5)59(7,8)45-33-43(47(35-49(45)65)63-53(69)31-23-13-11-21-29-51(67)61-41-25-17-15-18-26-41)55-57(71)56(58(55)72)44-34-46-50(66(38(3)4)40(6)60(46,9)10)36-48(44)64-54(70)32-24-14-12-22-30-52(68)62-42-27-19-16-20-28-42;1-13-15-25-57-51(65)35-21-17-19-23-37(35)53(67)59-43-29-45-41(55(9,10)33(7)61(45)31(3)4)27-39(43)47-49(63)48(50(47)64)40-28-42-46(62(32(5)6)34(8)56(42,11)12)30-44(40)60-54(68)38-24-20-18-22-36(38)52(66)58-26-16-14-2/h33-42,71H,11-32H2,1-10H3,(H,61,67)(H,62,68)(H,63,69);27-38,63H,13-26H2,1-12H3,(H,57,65)(H,58,66)(H,59,67). The highest BCUT2D eigenvalue weighted by molar-refractivity contribution is 6.43. The number of allylic oxidation sites excluding steroid dienone is 12. The molecule has 764 valence electrons. The van der Waals surface area contributed by atoms with Crippen LogP contribution in [0.3, 0.4) is 0 Å². The zero-order valence-corrected chi connectivity index (χ0v) is 88.8. The van der Waals surface area contributed by atoms with Gasteiger partial charge in [0, 0.05) is 184 Å². The predicted octanol–water partition coefficient (Wildman–Crippen LogP) is 22.2. The second-order valence-electron chi connectivity index (χ2n) is 46.0. The van der Waals surface area contributed by atoms with E-state index in [1.807, 2.05) is 48.6 Å². The summed E-state index contributed by atoms with van der Waals surface area (Å²) in [5, 5.41) is 43.7. The molecular formula is C116H168N12O12. The van der Waals surface area contributed by atoms with E-state index in [4.69, 9.17) is 9.98 Å². The van der Waals surface area contributed by atoms with Crippen molar-refractivity contribution in [2.24, 2.45) is 44.5 Å². The summed E-state index contributed by atoms with van der Waals surface area (Å²) in [5.41, 5.74) is 10.2. The van der Waals surface area contributed by atoms with Crippen LogP contribution in [0.25, 0.3) is 11.1 Å². The van der Waals surface area contributed by atoms with Gasteiger partial charge in [0.1, 0.15) is 11.5 Å². The van der Waals surface area contributed by atoms with Crippen molar-refractivity contribution < 1.29 is 58.2 Å². The molecule has 4 aliphatic heterocycles. The van der Waals surface area contributed by atoms with Crippen LogP contribution < -0.4 is 41.7 Å². The summed E-state index contributed by atoms with van der Waals surface area (Å²) >= 11 is 0. The van der Waals surface area contributed by atoms with Gasteiger partial charge in [-0.1, -0.05) is 172 Å². The van der Waals surface area contributed by atoms with E-state index in [0.29, 0.717) is 122 Å². The molecule has 24 nitrogen and oxygen atoms in total. The van der Waals surface area contributed by atoms with Crippen LogP contribution in [0.4, 0.5) is 22.7 Å². The maximum absolute atomic E-state index is 15.2. The molecule has 8 atom stereocenters. The van der Waals surface area contributed by atoms with E-state index in [1.165, 1.54) is 38.5 Å². The van der Waals surface area contributed by atoms with Gasteiger partial charge in [0.05, 0.1) is 51.0 Å². The molecule has 0 aromatic heterocycles. The van der Waals surface area contributed by atoms with Gasteiger partial charge in [0.25, 0.3) is 0 Å². The van der Waals surface area contributed by atoms with Crippen molar-refractivity contribution in [1.29, 1.82) is 0 Å². The summed E-state index contributed by atoms with van der Waals surface area (Å²) < 4.78 is 0. The van der Waals surface area contributed by atoms with Crippen LogP contribution in [-0.2, 0) is 58.8 Å². The van der Waals surface area contributed by atoms with Crippen molar-refractivity contribution in [3.05, 3.63) is 127 Å². The number of nitrogens with zero attached hydrogens (tertiary/aromatic N) is 6. The number of benzene rings is 2. The molecule has 24 heteroatoms. The highest BCUT2D eigenvalue weighted by atomic mass is 16.3. The third-order valence-electron chi connectivity index (χ3n) is 34.0. The van der Waals surface area contributed by atoms with Gasteiger partial charge in [-0.25, -0.2) is 9.98 Å². The number of Topliss-reactive ketones (excluding diaryl/α,β-unsaturated/α-hetero) is 2. The first-order chi connectivity index (χ1) is 66.4. The Labute approximate surface area is 835 Å². The first-order valence-electron chi connectivity index (χ1n) is 54.2. The maximum atomic E-state index is 15.2. The fourth-order valence-electron chi connectivity index (χ4n) is 24.6. The van der Waals surface area contributed by atoms with E-state index in [9.17, 15) is 53.4 Å². The van der Waals surface area contributed by atoms with Crippen molar-refractivity contribution in [3.8, 4) is 0 Å². The lowest BCUT2D eigenvalue weighted by Crippen LogP contribution is -2.42. The van der Waals surface area contributed by atoms with E-state index in [-0.39, 0.29) is 164 Å². The number of hydrogen-bond acceptors (Lipinski definition) is 16. The Hall–Kier alpha value is -10.00. The average Bonchev–Trinajstić information content (AvgIpc) is 1.23. The first-order valence-corrected chi connectivity index (χ1v) is 54.2. The molecule has 2 saturated heterocycles. The largest absolute Gasteiger partial charge is 0.506 e. The number of aliphatic hydroxyl groups excluding tert-OH is 2. The van der Waals surface area contributed by atoms with Crippen molar-refractivity contribution >= 4 is 104 Å². The molecule has 6 fully saturated rings. The van der Waals surface area contributed by atoms with Crippen LogP contribution in [0.15, 0.2) is 115 Å². The maximum Gasteiger partial charge on any atom is 0.250 e. The van der Waals surface area contributed by atoms with Crippen LogP contribution in [0.1, 0.15) is 393 Å². The van der Waals surface area contributed by atoms with Gasteiger partial charge in [0.15, 0.2) is 0 Å². The second kappa shape index (κ2) is 45.3. The number of carbonyl (C=O) groups is 10. The molecule has 4 heterocycles. The highest BCUT2D eigenvalue weighted by Gasteiger charge is 2.54. The molecule has 14 rings (SSSR count). The minimum Gasteiger partial charge on any atom is -0.506 e. The first kappa shape index (κ1) is 107. The lowest BCUT2D eigenvalue weighted by Gasteiger charge is -2.34. The zero-order valence-electron chi connectivity index (χ0n) is 88.8. The number of unbranched alkanes of at least 4 members (excludes halogenated alkanes) is 8. The third kappa shape index (κ3) is 22.3. The zero-order chi connectivity index (χ0) is 102. The lowest BCUT2D eigenvalue weighted by atomic mass is 9.73. The van der Waals surface area contributed by atoms with Gasteiger partial charge in [0.2, 0.25) is 58.8 Å². The van der Waals surface area contributed by atoms with Crippen LogP contribution >= 0.6 is 0 Å². The van der Waals surface area contributed by atoms with Crippen LogP contribution in [0, 0.1) is 34.5 Å². The van der Waals surface area contributed by atoms with Gasteiger partial charge >= 0.3 is 0 Å². The Morgan fingerprint density at radius 3 is 1.11 bits per heavy atom. The van der Waals surface area contributed by atoms with Crippen LogP contribution in [0.5, 0.6) is 0 Å². The van der Waals surface area contributed by atoms with Gasteiger partial charge in [-0.3, -0.25) is 47.9 Å². The molecule has 0 radical (unpaired) electrons. The molecule has 8 unspecified atom stereocenters. The Bertz CT molecular complexity index is 5410. The molecule has 0 spiro atoms. The van der Waals surface area contributed by atoms with Gasteiger partial charge in [-0.15, -0.1) is 0 Å². The number of hydrogen-bond donors (Lipinski definition) is 8. The number of carbonyl (C=O) groups excluding carboxylic acids is 10. The van der Waals surface area contributed by atoms with Crippen LogP contribution in [0.2, 0.25) is 0 Å². The molecule has 2 aromatic rings. The minimum absolute atomic E-state index is 0.0728. The average molecular weight is 1920 g/mol. The van der Waals surface area contributed by atoms with E-state index >= 15 is 4.79 Å². The van der Waals surface area contributed by atoms with E-state index in [1.54, 1.807) is 0 Å². The smallest absolute Gasteiger partial charge is 0.250 e. The molecule has 8 aliphatic carbocycles. The number of aliphatic imine (C=N–C) groups is 2. The van der Waals surface area contributed by atoms with Gasteiger partial charge < -0.3 is 61.7 Å². The predicted molar refractivity (Wildman–Crippen MR) is 563 cm³/mol. The van der Waals surface area contributed by atoms with Gasteiger partial charge in [-0.05, 0) is 244 Å². The number of fused-ring (bicyclic) bond motifs is 4. The topological polar surface area (TPSA) is 321 Å². The molecule has 140 heavy (non-hydrogen) atoms. The van der Waals surface area contributed by atoms with Crippen molar-refractivity contribution in [2.75, 3.05) is 33.5 Å². The van der Waals surface area contributed by atoms with Crippen molar-refractivity contribution in [2.45, 2.75) is 442 Å². The normalized spacial score (nSPS) is 25.7. The number of aliphatic hydroxyl groups is 2. The number of anilines is 4. The molecule has 2 aromatic carbocycles. The molecule has 0 bridgehead atoms. The molecule has 8 amide bonds. The number of likely N-dealkylation sites (tertiary alicyclic amines) is 2. The van der Waals surface area contributed by atoms with E-state index < -0.39 is 35.4 Å². The number of ketones is 2. The number of nitrogens with one attached hydrogen (secondary N) is 6. The van der Waals surface area contributed by atoms with E-state index in [0.717, 1.165) is 161 Å². The molecular weight excluding hydrogens is 1750 g/mol. The fraction of sp³-hybridized carbons (Fsp3) is 0.655. The summed E-state index contributed by atoms with van der Waals surface area (Å²) in [6, 6.07) is 9.51. The summed E-state index contributed by atoms with van der Waals surface area (Å²) in [6.45, 7) is 48.8. The summed E-state index contributed by atoms with van der Waals surface area (Å²) in [7, 11) is 0. The summed E-state index contributed by atoms with van der Waals surface area (Å²) in [6.07, 6.45) is 36.3. The molecule has 4 saturated carbocycles. The fourth-order valence-corrected chi connectivity index (χ4v) is 24.6. The van der Waals surface area contributed by atoms with Gasteiger partial charge in [-0.2, -0.15) is 0 Å². The number of amides is 8. The quantitative estimate of drug-likeness (QED) is 0.0238. The van der Waals surface area contributed by atoms with E-state index in [2.05, 4.69) is 204 Å².